The summed E-state index contributed by atoms with van der Waals surface area (Å²) >= 11 is 0. The number of hydrogen-bond donors (Lipinski definition) is 3. The molecule has 0 aromatic heterocycles. The summed E-state index contributed by atoms with van der Waals surface area (Å²) in [5, 5.41) is 8.54. The molecule has 1 aliphatic carbocycles. The van der Waals surface area contributed by atoms with Crippen LogP contribution in [0.5, 0.6) is 0 Å². The smallest absolute Gasteiger partial charge is 0.870 e. The third-order valence-electron chi connectivity index (χ3n) is 12.4. The molecule has 4 aromatic rings. The number of hydrogen-bond acceptors (Lipinski definition) is 9. The van der Waals surface area contributed by atoms with Crippen molar-refractivity contribution in [1.82, 2.24) is 5.32 Å². The summed E-state index contributed by atoms with van der Waals surface area (Å²) in [6.45, 7) is 11.6. The summed E-state index contributed by atoms with van der Waals surface area (Å²) in [6, 6.07) is 25.8. The molecule has 61 heavy (non-hydrogen) atoms. The van der Waals surface area contributed by atoms with Crippen molar-refractivity contribution < 1.29 is 61.0 Å². The number of nitrogens with two attached hydrogens (primary N) is 1. The van der Waals surface area contributed by atoms with Gasteiger partial charge in [0.25, 0.3) is 10.1 Å². The molecule has 5 N–H and O–H groups in total. The first-order valence-electron chi connectivity index (χ1n) is 21.0. The Kier molecular flexibility index (Phi) is 16.1. The zero-order valence-corrected chi connectivity index (χ0v) is 39.9. The molecule has 0 atom stereocenters. The van der Waals surface area contributed by atoms with Gasteiger partial charge in [-0.05, 0) is 102 Å². The van der Waals surface area contributed by atoms with Gasteiger partial charge in [0, 0.05) is 66.3 Å². The molecule has 0 fully saturated rings. The fraction of sp³-hybridized carbons (Fsp3) is 0.396. The first-order valence-corrected chi connectivity index (χ1v) is 23.8. The molecule has 0 radical (unpaired) electrons. The van der Waals surface area contributed by atoms with Crippen LogP contribution in [0.25, 0.3) is 21.5 Å². The van der Waals surface area contributed by atoms with Gasteiger partial charge in [0.15, 0.2) is 5.71 Å². The second kappa shape index (κ2) is 20.3. The standard InChI is InChI=1S/C48H57N4O5S2.Na.H2O/c1-47(2)42(51(30-9-11-32-58(53)54)40-24-20-34-14-5-7-18-38(34)44(40)47)26-22-36-16-13-17-37(46(36)50-29-28-49)23-27-43-48(3,4)45-39-19-8-6-15-35(39)21-25-41(45)52(43)31-10-12-33-59(55,56)57;;/h5-8,14-15,18-27H,9-13,16-17,28-33,49H2,1-4H3,(H,55,56,57);;1H2/q-1;+1;/b37-23+,43-27-;;. The molecule has 320 valence electrons. The van der Waals surface area contributed by atoms with Gasteiger partial charge in [0.2, 0.25) is 5.69 Å². The number of rotatable bonds is 16. The summed E-state index contributed by atoms with van der Waals surface area (Å²) in [7, 11) is -6.09. The van der Waals surface area contributed by atoms with Crippen LogP contribution in [0.2, 0.25) is 0 Å². The van der Waals surface area contributed by atoms with E-state index in [1.165, 1.54) is 55.2 Å². The van der Waals surface area contributed by atoms with Gasteiger partial charge in [0.05, 0.1) is 11.2 Å². The molecule has 4 aromatic carbocycles. The predicted molar refractivity (Wildman–Crippen MR) is 245 cm³/mol. The Labute approximate surface area is 385 Å². The Balaban J connectivity index is 0.00000352. The maximum absolute atomic E-state index is 11.6. The van der Waals surface area contributed by atoms with Crippen LogP contribution in [0, 0.1) is 0 Å². The van der Waals surface area contributed by atoms with E-state index in [-0.39, 0.29) is 57.4 Å². The van der Waals surface area contributed by atoms with E-state index in [0.29, 0.717) is 38.9 Å². The third-order valence-corrected chi connectivity index (χ3v) is 13.8. The Hall–Kier alpha value is -3.59. The minimum atomic E-state index is -4.03. The molecule has 0 saturated heterocycles. The van der Waals surface area contributed by atoms with E-state index in [0.717, 1.165) is 49.3 Å². The molecule has 2 aliphatic heterocycles. The molecule has 0 bridgehead atoms. The second-order valence-electron chi connectivity index (χ2n) is 17.1. The number of benzene rings is 4. The van der Waals surface area contributed by atoms with E-state index in [2.05, 4.69) is 140 Å². The zero-order chi connectivity index (χ0) is 42.0. The fourth-order valence-corrected chi connectivity index (χ4v) is 10.6. The normalized spacial score (nSPS) is 18.4. The fourth-order valence-electron chi connectivity index (χ4n) is 9.64. The van der Waals surface area contributed by atoms with Crippen molar-refractivity contribution in [3.8, 4) is 0 Å². The summed E-state index contributed by atoms with van der Waals surface area (Å²) in [5.41, 5.74) is 16.2. The minimum Gasteiger partial charge on any atom is -0.870 e. The van der Waals surface area contributed by atoms with Crippen LogP contribution >= 0.6 is 0 Å². The van der Waals surface area contributed by atoms with Crippen molar-refractivity contribution in [1.29, 1.82) is 0 Å². The summed E-state index contributed by atoms with van der Waals surface area (Å²) in [6.07, 6.45) is 14.3. The summed E-state index contributed by atoms with van der Waals surface area (Å²) < 4.78 is 57.7. The number of unbranched alkanes of at least 4 members (excludes halogenated alkanes) is 2. The van der Waals surface area contributed by atoms with Crippen LogP contribution in [-0.2, 0) is 40.1 Å². The summed E-state index contributed by atoms with van der Waals surface area (Å²) in [4.78, 5) is 2.34. The van der Waals surface area contributed by atoms with Crippen molar-refractivity contribution in [2.24, 2.45) is 5.73 Å². The van der Waals surface area contributed by atoms with Crippen LogP contribution in [0.15, 0.2) is 120 Å². The van der Waals surface area contributed by atoms with Crippen molar-refractivity contribution in [2.75, 3.05) is 42.6 Å². The molecule has 0 unspecified atom stereocenters. The average molecular weight is 875 g/mol. The molecular weight excluding hydrogens is 816 g/mol. The number of nitrogens with zero attached hydrogens (tertiary/aromatic N) is 2. The minimum absolute atomic E-state index is 0. The van der Waals surface area contributed by atoms with E-state index in [1.807, 2.05) is 0 Å². The van der Waals surface area contributed by atoms with Crippen molar-refractivity contribution in [2.45, 2.75) is 83.5 Å². The Bertz CT molecular complexity index is 2620. The first kappa shape index (κ1) is 48.4. The summed E-state index contributed by atoms with van der Waals surface area (Å²) in [5.74, 6) is -0.0948. The molecule has 7 rings (SSSR count). The van der Waals surface area contributed by atoms with Gasteiger partial charge < -0.3 is 29.8 Å². The second-order valence-corrected chi connectivity index (χ2v) is 19.6. The monoisotopic (exact) mass is 874 g/mol. The van der Waals surface area contributed by atoms with Crippen molar-refractivity contribution >= 4 is 59.5 Å². The molecule has 13 heteroatoms. The molecule has 3 aliphatic rings. The first-order chi connectivity index (χ1) is 28.2. The van der Waals surface area contributed by atoms with Crippen LogP contribution in [-0.4, -0.2) is 66.4 Å². The van der Waals surface area contributed by atoms with Crippen molar-refractivity contribution in [3.63, 3.8) is 0 Å². The van der Waals surface area contributed by atoms with Crippen LogP contribution in [0.1, 0.15) is 83.8 Å². The van der Waals surface area contributed by atoms with Crippen LogP contribution in [0.3, 0.4) is 0 Å². The van der Waals surface area contributed by atoms with Gasteiger partial charge in [-0.2, -0.15) is 13.0 Å². The predicted octanol–water partition coefficient (Wildman–Crippen LogP) is 6.10. The number of fused-ring (bicyclic) bond motifs is 6. The van der Waals surface area contributed by atoms with Crippen LogP contribution in [0.4, 0.5) is 11.4 Å². The Morgan fingerprint density at radius 2 is 1.51 bits per heavy atom. The zero-order valence-electron chi connectivity index (χ0n) is 36.2. The van der Waals surface area contributed by atoms with E-state index in [9.17, 15) is 21.4 Å². The van der Waals surface area contributed by atoms with E-state index >= 15 is 0 Å². The largest absolute Gasteiger partial charge is 1.00 e. The quantitative estimate of drug-likeness (QED) is 0.0397. The van der Waals surface area contributed by atoms with Gasteiger partial charge in [-0.25, -0.2) is 0 Å². The van der Waals surface area contributed by atoms with E-state index < -0.39 is 20.8 Å². The topological polar surface area (TPSA) is 163 Å². The number of anilines is 1. The molecule has 0 saturated carbocycles. The van der Waals surface area contributed by atoms with Gasteiger partial charge in [-0.15, -0.1) is 0 Å². The molecule has 0 spiro atoms. The SMILES string of the molecule is CC1(C)C(/C=C/C2=C(NCCN)C(=C/C=C3\N(CCCCS(=O)(=O)O)c4ccc5ccccc5c4C3(C)C)/CCC2)=[N+](CCCC[S-](=O)=O)c2ccc3ccccc3c21.[Na+].[OH-]. The Morgan fingerprint density at radius 3 is 2.18 bits per heavy atom. The third kappa shape index (κ3) is 10.3. The van der Waals surface area contributed by atoms with Gasteiger partial charge in [-0.3, -0.25) is 4.55 Å². The number of allylic oxidation sites excluding steroid dienone is 7. The molecule has 10 nitrogen and oxygen atoms in total. The van der Waals surface area contributed by atoms with Crippen molar-refractivity contribution in [3.05, 3.63) is 131 Å². The van der Waals surface area contributed by atoms with E-state index in [1.54, 1.807) is 0 Å². The van der Waals surface area contributed by atoms with Gasteiger partial charge in [-0.1, -0.05) is 103 Å². The van der Waals surface area contributed by atoms with E-state index in [4.69, 9.17) is 5.73 Å². The maximum atomic E-state index is 11.6. The maximum Gasteiger partial charge on any atom is 1.00 e. The molecule has 2 heterocycles. The molecule has 0 amide bonds. The van der Waals surface area contributed by atoms with Crippen LogP contribution < -0.4 is 45.5 Å². The van der Waals surface area contributed by atoms with Gasteiger partial charge in [0.1, 0.15) is 6.54 Å². The number of nitrogens with one attached hydrogen (secondary N) is 1. The molecular formula is C48H59N4NaO6S2. The Morgan fingerprint density at radius 1 is 0.836 bits per heavy atom. The van der Waals surface area contributed by atoms with Gasteiger partial charge >= 0.3 is 29.6 Å². The average Bonchev–Trinajstić information content (AvgIpc) is 3.56.